The van der Waals surface area contributed by atoms with E-state index >= 15 is 0 Å². The number of aromatic nitrogens is 2. The molecule has 1 unspecified atom stereocenters. The molecule has 22 heavy (non-hydrogen) atoms. The smallest absolute Gasteiger partial charge is 0.301 e. The van der Waals surface area contributed by atoms with Gasteiger partial charge in [0.1, 0.15) is 0 Å². The van der Waals surface area contributed by atoms with E-state index in [0.717, 1.165) is 36.2 Å². The third kappa shape index (κ3) is 2.50. The second kappa shape index (κ2) is 5.73. The Kier molecular flexibility index (Phi) is 3.92. The van der Waals surface area contributed by atoms with Gasteiger partial charge in [-0.25, -0.2) is 9.71 Å². The van der Waals surface area contributed by atoms with Crippen LogP contribution >= 0.6 is 0 Å². The van der Waals surface area contributed by atoms with Crippen LogP contribution in [-0.2, 0) is 16.6 Å². The van der Waals surface area contributed by atoms with E-state index in [1.54, 1.807) is 13.4 Å². The molecule has 1 heterocycles. The number of hydrogen-bond acceptors (Lipinski definition) is 3. The van der Waals surface area contributed by atoms with Crippen LogP contribution in [0.3, 0.4) is 0 Å². The first-order chi connectivity index (χ1) is 10.5. The molecule has 2 aromatic rings. The van der Waals surface area contributed by atoms with E-state index in [1.807, 2.05) is 18.3 Å². The van der Waals surface area contributed by atoms with E-state index < -0.39 is 10.2 Å². The molecule has 0 radical (unpaired) electrons. The van der Waals surface area contributed by atoms with E-state index in [9.17, 15) is 8.42 Å². The zero-order valence-corrected chi connectivity index (χ0v) is 13.5. The van der Waals surface area contributed by atoms with Gasteiger partial charge in [0.15, 0.2) is 0 Å². The lowest BCUT2D eigenvalue weighted by Crippen LogP contribution is -2.36. The minimum absolute atomic E-state index is 0.247. The topological polar surface area (TPSA) is 78.1 Å². The molecule has 1 aliphatic carbocycles. The minimum Gasteiger partial charge on any atom is -0.348 e. The van der Waals surface area contributed by atoms with Gasteiger partial charge in [-0.1, -0.05) is 12.1 Å². The van der Waals surface area contributed by atoms with Crippen molar-refractivity contribution in [3.8, 4) is 0 Å². The van der Waals surface area contributed by atoms with Gasteiger partial charge < -0.3 is 4.98 Å². The van der Waals surface area contributed by atoms with Crippen molar-refractivity contribution < 1.29 is 8.42 Å². The van der Waals surface area contributed by atoms with Gasteiger partial charge in [-0.05, 0) is 36.5 Å². The van der Waals surface area contributed by atoms with Crippen molar-refractivity contribution in [3.63, 3.8) is 0 Å². The van der Waals surface area contributed by atoms with E-state index in [0.29, 0.717) is 0 Å². The third-order valence-corrected chi connectivity index (χ3v) is 5.77. The second-order valence-corrected chi connectivity index (χ2v) is 7.38. The molecule has 0 aliphatic heterocycles. The maximum absolute atomic E-state index is 12.1. The summed E-state index contributed by atoms with van der Waals surface area (Å²) in [5, 5.41) is 0. The highest BCUT2D eigenvalue weighted by atomic mass is 32.2. The van der Waals surface area contributed by atoms with Gasteiger partial charge >= 0.3 is 10.2 Å². The predicted octanol–water partition coefficient (Wildman–Crippen LogP) is 1.78. The number of H-pyrrole nitrogens is 1. The van der Waals surface area contributed by atoms with Crippen LogP contribution in [0.4, 0.5) is 5.69 Å². The number of rotatable bonds is 4. The van der Waals surface area contributed by atoms with E-state index in [1.165, 1.54) is 16.9 Å². The Morgan fingerprint density at radius 2 is 2.23 bits per heavy atom. The van der Waals surface area contributed by atoms with Crippen molar-refractivity contribution >= 4 is 15.9 Å². The number of hydrogen-bond donors (Lipinski definition) is 2. The van der Waals surface area contributed by atoms with Crippen molar-refractivity contribution in [2.75, 3.05) is 18.4 Å². The first-order valence-corrected chi connectivity index (χ1v) is 8.76. The Morgan fingerprint density at radius 1 is 1.41 bits per heavy atom. The Balaban J connectivity index is 2.08. The average Bonchev–Trinajstić information content (AvgIpc) is 3.07. The Hall–Kier alpha value is -1.86. The summed E-state index contributed by atoms with van der Waals surface area (Å²) in [6.07, 6.45) is 6.49. The number of aromatic amines is 1. The molecule has 0 spiro atoms. The zero-order chi connectivity index (χ0) is 15.7. The first kappa shape index (κ1) is 15.1. The lowest BCUT2D eigenvalue weighted by atomic mass is 9.80. The summed E-state index contributed by atoms with van der Waals surface area (Å²) in [4.78, 5) is 7.29. The van der Waals surface area contributed by atoms with Crippen molar-refractivity contribution in [1.29, 1.82) is 0 Å². The van der Waals surface area contributed by atoms with Crippen LogP contribution in [0.2, 0.25) is 0 Å². The van der Waals surface area contributed by atoms with Gasteiger partial charge in [0.25, 0.3) is 0 Å². The number of fused-ring (bicyclic) bond motifs is 1. The standard InChI is InChI=1S/C15H20N4O2S/c1-16-22(20,21)19(2)15-8-4-5-11-12(6-3-7-13(11)15)14-9-17-10-18-14/h4-5,8-10,12,16H,3,6-7H2,1-2H3,(H,17,18). The van der Waals surface area contributed by atoms with Crippen LogP contribution in [0.1, 0.15) is 35.6 Å². The molecular weight excluding hydrogens is 300 g/mol. The van der Waals surface area contributed by atoms with Crippen molar-refractivity contribution in [2.24, 2.45) is 0 Å². The molecule has 0 fully saturated rings. The van der Waals surface area contributed by atoms with Crippen LogP contribution in [0.15, 0.2) is 30.7 Å². The lowest BCUT2D eigenvalue weighted by molar-refractivity contribution is 0.584. The van der Waals surface area contributed by atoms with Crippen molar-refractivity contribution in [1.82, 2.24) is 14.7 Å². The van der Waals surface area contributed by atoms with Gasteiger partial charge in [-0.3, -0.25) is 4.31 Å². The second-order valence-electron chi connectivity index (χ2n) is 5.47. The molecule has 1 atom stereocenters. The van der Waals surface area contributed by atoms with Crippen molar-refractivity contribution in [3.05, 3.63) is 47.5 Å². The highest BCUT2D eigenvalue weighted by Crippen LogP contribution is 2.39. The molecule has 1 aromatic heterocycles. The number of nitrogens with zero attached hydrogens (tertiary/aromatic N) is 2. The van der Waals surface area contributed by atoms with Crippen LogP contribution < -0.4 is 9.03 Å². The first-order valence-electron chi connectivity index (χ1n) is 7.32. The van der Waals surface area contributed by atoms with Gasteiger partial charge in [0.2, 0.25) is 0 Å². The highest BCUT2D eigenvalue weighted by Gasteiger charge is 2.27. The fourth-order valence-corrected chi connectivity index (χ4v) is 3.87. The molecule has 0 saturated heterocycles. The van der Waals surface area contributed by atoms with Crippen LogP contribution in [-0.4, -0.2) is 32.5 Å². The molecule has 0 amide bonds. The number of nitrogens with one attached hydrogen (secondary N) is 2. The fraction of sp³-hybridized carbons (Fsp3) is 0.400. The van der Waals surface area contributed by atoms with Gasteiger partial charge in [-0.2, -0.15) is 8.42 Å². The number of anilines is 1. The summed E-state index contributed by atoms with van der Waals surface area (Å²) < 4.78 is 27.9. The van der Waals surface area contributed by atoms with E-state index in [4.69, 9.17) is 0 Å². The molecule has 118 valence electrons. The number of benzene rings is 1. The third-order valence-electron chi connectivity index (χ3n) is 4.34. The maximum atomic E-state index is 12.1. The van der Waals surface area contributed by atoms with Gasteiger partial charge in [0.05, 0.1) is 12.0 Å². The Labute approximate surface area is 130 Å². The normalized spacial score (nSPS) is 18.0. The van der Waals surface area contributed by atoms with Crippen LogP contribution in [0.5, 0.6) is 0 Å². The fourth-order valence-electron chi connectivity index (χ4n) is 3.17. The average molecular weight is 320 g/mol. The molecule has 0 saturated carbocycles. The summed E-state index contributed by atoms with van der Waals surface area (Å²) in [5.41, 5.74) is 4.12. The van der Waals surface area contributed by atoms with E-state index in [-0.39, 0.29) is 5.92 Å². The summed E-state index contributed by atoms with van der Waals surface area (Å²) in [6.45, 7) is 0. The molecule has 7 heteroatoms. The monoisotopic (exact) mass is 320 g/mol. The van der Waals surface area contributed by atoms with Crippen molar-refractivity contribution in [2.45, 2.75) is 25.2 Å². The molecule has 3 rings (SSSR count). The SMILES string of the molecule is CNS(=O)(=O)N(C)c1cccc2c1CCCC2c1cnc[nH]1. The summed E-state index contributed by atoms with van der Waals surface area (Å²) in [7, 11) is -0.483. The van der Waals surface area contributed by atoms with Crippen LogP contribution in [0, 0.1) is 0 Å². The molecule has 2 N–H and O–H groups in total. The Bertz CT molecular complexity index is 756. The minimum atomic E-state index is -3.49. The van der Waals surface area contributed by atoms with E-state index in [2.05, 4.69) is 20.8 Å². The molecule has 1 aliphatic rings. The Morgan fingerprint density at radius 3 is 2.91 bits per heavy atom. The predicted molar refractivity (Wildman–Crippen MR) is 86.2 cm³/mol. The number of imidazole rings is 1. The summed E-state index contributed by atoms with van der Waals surface area (Å²) in [6, 6.07) is 5.87. The largest absolute Gasteiger partial charge is 0.348 e. The lowest BCUT2D eigenvalue weighted by Gasteiger charge is -2.29. The maximum Gasteiger partial charge on any atom is 0.301 e. The summed E-state index contributed by atoms with van der Waals surface area (Å²) >= 11 is 0. The summed E-state index contributed by atoms with van der Waals surface area (Å²) in [5.74, 6) is 0.247. The molecule has 1 aromatic carbocycles. The van der Waals surface area contributed by atoms with Gasteiger partial charge in [-0.15, -0.1) is 0 Å². The highest BCUT2D eigenvalue weighted by molar-refractivity contribution is 7.90. The molecule has 6 nitrogen and oxygen atoms in total. The van der Waals surface area contributed by atoms with Gasteiger partial charge in [0, 0.05) is 31.9 Å². The zero-order valence-electron chi connectivity index (χ0n) is 12.7. The van der Waals surface area contributed by atoms with Crippen LogP contribution in [0.25, 0.3) is 0 Å². The quantitative estimate of drug-likeness (QED) is 0.901. The molecule has 0 bridgehead atoms. The molecular formula is C15H20N4O2S.